The van der Waals surface area contributed by atoms with E-state index in [9.17, 15) is 4.79 Å². The summed E-state index contributed by atoms with van der Waals surface area (Å²) in [6.45, 7) is 2.26. The Morgan fingerprint density at radius 3 is 3.25 bits per heavy atom. The average molecular weight is 180 g/mol. The van der Waals surface area contributed by atoms with Gasteiger partial charge in [-0.15, -0.1) is 11.3 Å². The summed E-state index contributed by atoms with van der Waals surface area (Å²) in [5.74, 6) is 0.755. The van der Waals surface area contributed by atoms with Crippen LogP contribution in [0.3, 0.4) is 0 Å². The monoisotopic (exact) mass is 180 g/mol. The standard InChI is InChI=1S/C10H12OS/c1-7-2-3-8-6-12-10(5-11)9(8)4-7/h5-7H,2-4H2,1H3. The third-order valence-corrected chi connectivity index (χ3v) is 3.58. The lowest BCUT2D eigenvalue weighted by Gasteiger charge is -2.18. The number of aldehydes is 1. The molecule has 1 aliphatic rings. The first kappa shape index (κ1) is 7.99. The maximum atomic E-state index is 10.7. The normalized spacial score (nSPS) is 21.9. The number of hydrogen-bond acceptors (Lipinski definition) is 2. The number of aryl methyl sites for hydroxylation is 1. The summed E-state index contributed by atoms with van der Waals surface area (Å²) in [5, 5.41) is 2.14. The van der Waals surface area contributed by atoms with E-state index in [0.29, 0.717) is 0 Å². The molecule has 0 N–H and O–H groups in total. The van der Waals surface area contributed by atoms with Crippen LogP contribution in [0.2, 0.25) is 0 Å². The van der Waals surface area contributed by atoms with E-state index in [1.54, 1.807) is 11.3 Å². The van der Waals surface area contributed by atoms with Gasteiger partial charge in [0.2, 0.25) is 0 Å². The Kier molecular flexibility index (Phi) is 2.01. The van der Waals surface area contributed by atoms with E-state index in [0.717, 1.165) is 23.5 Å². The van der Waals surface area contributed by atoms with Gasteiger partial charge in [-0.25, -0.2) is 0 Å². The quantitative estimate of drug-likeness (QED) is 0.607. The zero-order chi connectivity index (χ0) is 8.55. The van der Waals surface area contributed by atoms with Crippen LogP contribution >= 0.6 is 11.3 Å². The molecular formula is C10H12OS. The van der Waals surface area contributed by atoms with Gasteiger partial charge in [-0.1, -0.05) is 6.92 Å². The van der Waals surface area contributed by atoms with Gasteiger partial charge in [0.05, 0.1) is 4.88 Å². The SMILES string of the molecule is CC1CCc2csc(C=O)c2C1. The number of carbonyl (C=O) groups is 1. The Morgan fingerprint density at radius 2 is 2.50 bits per heavy atom. The molecule has 64 valence electrons. The van der Waals surface area contributed by atoms with Gasteiger partial charge >= 0.3 is 0 Å². The third-order valence-electron chi connectivity index (χ3n) is 2.58. The largest absolute Gasteiger partial charge is 0.297 e. The van der Waals surface area contributed by atoms with E-state index in [4.69, 9.17) is 0 Å². The smallest absolute Gasteiger partial charge is 0.160 e. The zero-order valence-corrected chi connectivity index (χ0v) is 7.99. The van der Waals surface area contributed by atoms with Crippen LogP contribution in [0, 0.1) is 5.92 Å². The summed E-state index contributed by atoms with van der Waals surface area (Å²) in [5.41, 5.74) is 2.74. The maximum Gasteiger partial charge on any atom is 0.160 e. The Hall–Kier alpha value is -0.630. The Balaban J connectivity index is 2.40. The van der Waals surface area contributed by atoms with E-state index in [1.807, 2.05) is 0 Å². The van der Waals surface area contributed by atoms with Crippen LogP contribution in [0.5, 0.6) is 0 Å². The van der Waals surface area contributed by atoms with Gasteiger partial charge < -0.3 is 0 Å². The molecule has 0 saturated carbocycles. The first-order valence-corrected chi connectivity index (χ1v) is 5.23. The van der Waals surface area contributed by atoms with E-state index < -0.39 is 0 Å². The zero-order valence-electron chi connectivity index (χ0n) is 7.17. The van der Waals surface area contributed by atoms with Crippen molar-refractivity contribution in [2.24, 2.45) is 5.92 Å². The van der Waals surface area contributed by atoms with Crippen LogP contribution in [0.4, 0.5) is 0 Å². The van der Waals surface area contributed by atoms with Crippen molar-refractivity contribution in [3.8, 4) is 0 Å². The van der Waals surface area contributed by atoms with Crippen molar-refractivity contribution in [1.82, 2.24) is 0 Å². The Bertz CT molecular complexity index is 301. The van der Waals surface area contributed by atoms with Crippen LogP contribution in [0.15, 0.2) is 5.38 Å². The molecule has 2 rings (SSSR count). The van der Waals surface area contributed by atoms with Crippen molar-refractivity contribution >= 4 is 17.6 Å². The van der Waals surface area contributed by atoms with E-state index in [1.165, 1.54) is 24.0 Å². The Morgan fingerprint density at radius 1 is 1.67 bits per heavy atom. The summed E-state index contributed by atoms with van der Waals surface area (Å²) in [6.07, 6.45) is 4.55. The topological polar surface area (TPSA) is 17.1 Å². The molecule has 0 bridgehead atoms. The molecule has 1 aromatic heterocycles. The summed E-state index contributed by atoms with van der Waals surface area (Å²) in [6, 6.07) is 0. The lowest BCUT2D eigenvalue weighted by molar-refractivity contribution is 0.112. The minimum Gasteiger partial charge on any atom is -0.297 e. The molecule has 1 aliphatic carbocycles. The van der Waals surface area contributed by atoms with Gasteiger partial charge in [0.25, 0.3) is 0 Å². The van der Waals surface area contributed by atoms with Crippen molar-refractivity contribution in [2.45, 2.75) is 26.2 Å². The number of carbonyl (C=O) groups excluding carboxylic acids is 1. The number of thiophene rings is 1. The fourth-order valence-electron chi connectivity index (χ4n) is 1.83. The van der Waals surface area contributed by atoms with Crippen molar-refractivity contribution in [3.63, 3.8) is 0 Å². The molecule has 1 heterocycles. The lowest BCUT2D eigenvalue weighted by atomic mass is 9.86. The van der Waals surface area contributed by atoms with Crippen LogP contribution in [0.25, 0.3) is 0 Å². The molecule has 0 aliphatic heterocycles. The minimum atomic E-state index is 0.755. The van der Waals surface area contributed by atoms with Gasteiger partial charge in [-0.05, 0) is 41.7 Å². The summed E-state index contributed by atoms with van der Waals surface area (Å²) < 4.78 is 0. The van der Waals surface area contributed by atoms with Crippen LogP contribution in [0.1, 0.15) is 34.1 Å². The number of rotatable bonds is 1. The molecule has 1 atom stereocenters. The highest BCUT2D eigenvalue weighted by Crippen LogP contribution is 2.31. The van der Waals surface area contributed by atoms with Crippen LogP contribution < -0.4 is 0 Å². The molecule has 1 aromatic rings. The second-order valence-electron chi connectivity index (χ2n) is 3.57. The van der Waals surface area contributed by atoms with Crippen molar-refractivity contribution in [1.29, 1.82) is 0 Å². The lowest BCUT2D eigenvalue weighted by Crippen LogP contribution is -2.10. The van der Waals surface area contributed by atoms with E-state index >= 15 is 0 Å². The molecule has 0 amide bonds. The molecule has 0 aromatic carbocycles. The van der Waals surface area contributed by atoms with Gasteiger partial charge in [0.1, 0.15) is 0 Å². The first-order chi connectivity index (χ1) is 5.81. The first-order valence-electron chi connectivity index (χ1n) is 4.35. The maximum absolute atomic E-state index is 10.7. The molecule has 12 heavy (non-hydrogen) atoms. The van der Waals surface area contributed by atoms with E-state index in [2.05, 4.69) is 12.3 Å². The van der Waals surface area contributed by atoms with Gasteiger partial charge in [-0.2, -0.15) is 0 Å². The highest BCUT2D eigenvalue weighted by Gasteiger charge is 2.19. The molecule has 0 saturated heterocycles. The average Bonchev–Trinajstić information content (AvgIpc) is 2.46. The molecule has 1 unspecified atom stereocenters. The molecule has 0 radical (unpaired) electrons. The molecule has 1 nitrogen and oxygen atoms in total. The van der Waals surface area contributed by atoms with Crippen molar-refractivity contribution in [2.75, 3.05) is 0 Å². The minimum absolute atomic E-state index is 0.755. The number of fused-ring (bicyclic) bond motifs is 1. The molecule has 2 heteroatoms. The van der Waals surface area contributed by atoms with Crippen LogP contribution in [-0.2, 0) is 12.8 Å². The van der Waals surface area contributed by atoms with Crippen molar-refractivity contribution < 1.29 is 4.79 Å². The van der Waals surface area contributed by atoms with Gasteiger partial charge in [0, 0.05) is 0 Å². The number of hydrogen-bond donors (Lipinski definition) is 0. The predicted octanol–water partition coefficient (Wildman–Crippen LogP) is 2.69. The van der Waals surface area contributed by atoms with Crippen LogP contribution in [-0.4, -0.2) is 6.29 Å². The van der Waals surface area contributed by atoms with Crippen molar-refractivity contribution in [3.05, 3.63) is 21.4 Å². The second-order valence-corrected chi connectivity index (χ2v) is 4.48. The fraction of sp³-hybridized carbons (Fsp3) is 0.500. The second kappa shape index (κ2) is 3.02. The van der Waals surface area contributed by atoms with Gasteiger partial charge in [-0.3, -0.25) is 4.79 Å². The molecular weight excluding hydrogens is 168 g/mol. The predicted molar refractivity (Wildman–Crippen MR) is 50.9 cm³/mol. The summed E-state index contributed by atoms with van der Waals surface area (Å²) in [7, 11) is 0. The third kappa shape index (κ3) is 1.20. The Labute approximate surface area is 76.4 Å². The fourth-order valence-corrected chi connectivity index (χ4v) is 2.77. The molecule has 0 fully saturated rings. The summed E-state index contributed by atoms with van der Waals surface area (Å²) >= 11 is 1.60. The highest BCUT2D eigenvalue weighted by molar-refractivity contribution is 7.12. The summed E-state index contributed by atoms with van der Waals surface area (Å²) in [4.78, 5) is 11.6. The highest BCUT2D eigenvalue weighted by atomic mass is 32.1. The van der Waals surface area contributed by atoms with Gasteiger partial charge in [0.15, 0.2) is 6.29 Å². The van der Waals surface area contributed by atoms with E-state index in [-0.39, 0.29) is 0 Å². The molecule has 0 spiro atoms.